The lowest BCUT2D eigenvalue weighted by Gasteiger charge is -2.38. The Morgan fingerprint density at radius 2 is 1.59 bits per heavy atom. The molecule has 2 aliphatic carbocycles. The smallest absolute Gasteiger partial charge is 0.148 e. The molecule has 0 radical (unpaired) electrons. The van der Waals surface area contributed by atoms with E-state index in [9.17, 15) is 4.39 Å². The van der Waals surface area contributed by atoms with Crippen molar-refractivity contribution in [2.75, 3.05) is 6.61 Å². The molecule has 2 fully saturated rings. The fourth-order valence-corrected chi connectivity index (χ4v) is 5.88. The van der Waals surface area contributed by atoms with Crippen molar-refractivity contribution in [2.24, 2.45) is 23.7 Å². The number of hydrogen-bond donors (Lipinski definition) is 0. The molecule has 2 saturated carbocycles. The highest BCUT2D eigenvalue weighted by molar-refractivity contribution is 6.32. The van der Waals surface area contributed by atoms with Crippen molar-refractivity contribution < 1.29 is 9.13 Å². The van der Waals surface area contributed by atoms with E-state index in [2.05, 4.69) is 12.7 Å². The molecule has 0 spiro atoms. The Bertz CT molecular complexity index is 642. The van der Waals surface area contributed by atoms with Crippen molar-refractivity contribution in [1.29, 1.82) is 0 Å². The average Bonchev–Trinajstić information content (AvgIpc) is 2.76. The second-order valence-corrected chi connectivity index (χ2v) is 9.63. The quantitative estimate of drug-likeness (QED) is 0.364. The molecule has 162 valence electrons. The summed E-state index contributed by atoms with van der Waals surface area (Å²) in [6.45, 7) is 6.24. The van der Waals surface area contributed by atoms with Crippen LogP contribution in [0, 0.1) is 29.5 Å². The Balaban J connectivity index is 1.40. The maximum atomic E-state index is 14.5. The van der Waals surface area contributed by atoms with Gasteiger partial charge in [0, 0.05) is 0 Å². The number of hydrogen-bond acceptors (Lipinski definition) is 1. The van der Waals surface area contributed by atoms with Crippen LogP contribution >= 0.6 is 11.6 Å². The van der Waals surface area contributed by atoms with Crippen molar-refractivity contribution in [3.8, 4) is 5.75 Å². The number of halogens is 2. The summed E-state index contributed by atoms with van der Waals surface area (Å²) in [6.07, 6.45) is 17.5. The van der Waals surface area contributed by atoms with Crippen LogP contribution < -0.4 is 4.74 Å². The molecule has 0 bridgehead atoms. The highest BCUT2D eigenvalue weighted by Gasteiger charge is 2.30. The highest BCUT2D eigenvalue weighted by atomic mass is 35.5. The van der Waals surface area contributed by atoms with Crippen LogP contribution in [0.4, 0.5) is 4.39 Å². The zero-order valence-corrected chi connectivity index (χ0v) is 18.9. The van der Waals surface area contributed by atoms with Crippen molar-refractivity contribution in [2.45, 2.75) is 84.0 Å². The van der Waals surface area contributed by atoms with Gasteiger partial charge in [-0.1, -0.05) is 49.4 Å². The highest BCUT2D eigenvalue weighted by Crippen LogP contribution is 2.43. The average molecular weight is 421 g/mol. The van der Waals surface area contributed by atoms with Gasteiger partial charge in [0.05, 0.1) is 6.61 Å². The largest absolute Gasteiger partial charge is 0.492 e. The molecule has 0 saturated heterocycles. The molecule has 0 aliphatic heterocycles. The minimum absolute atomic E-state index is 0.136. The maximum absolute atomic E-state index is 14.5. The minimum Gasteiger partial charge on any atom is -0.492 e. The molecule has 0 unspecified atom stereocenters. The maximum Gasteiger partial charge on any atom is 0.148 e. The van der Waals surface area contributed by atoms with Gasteiger partial charge >= 0.3 is 0 Å². The number of benzene rings is 1. The first-order valence-corrected chi connectivity index (χ1v) is 12.2. The Labute approximate surface area is 182 Å². The first-order valence-electron chi connectivity index (χ1n) is 11.8. The molecule has 0 atom stereocenters. The number of ether oxygens (including phenoxy) is 1. The normalized spacial score (nSPS) is 27.6. The number of aryl methyl sites for hydroxylation is 1. The molecule has 1 aromatic rings. The van der Waals surface area contributed by atoms with Crippen molar-refractivity contribution >= 4 is 11.6 Å². The predicted octanol–water partition coefficient (Wildman–Crippen LogP) is 8.39. The fourth-order valence-electron chi connectivity index (χ4n) is 5.64. The van der Waals surface area contributed by atoms with Crippen molar-refractivity contribution in [1.82, 2.24) is 0 Å². The van der Waals surface area contributed by atoms with E-state index in [0.717, 1.165) is 42.1 Å². The molecule has 0 heterocycles. The van der Waals surface area contributed by atoms with Gasteiger partial charge in [-0.2, -0.15) is 0 Å². The van der Waals surface area contributed by atoms with Gasteiger partial charge < -0.3 is 4.74 Å². The Morgan fingerprint density at radius 3 is 2.14 bits per heavy atom. The van der Waals surface area contributed by atoms with Gasteiger partial charge in [0.25, 0.3) is 0 Å². The zero-order chi connectivity index (χ0) is 20.6. The van der Waals surface area contributed by atoms with Gasteiger partial charge in [-0.3, -0.25) is 0 Å². The van der Waals surface area contributed by atoms with Crippen LogP contribution in [0.1, 0.15) is 83.1 Å². The summed E-state index contributed by atoms with van der Waals surface area (Å²) < 4.78 is 19.9. The van der Waals surface area contributed by atoms with E-state index in [4.69, 9.17) is 16.3 Å². The van der Waals surface area contributed by atoms with Crippen LogP contribution in [0.3, 0.4) is 0 Å². The van der Waals surface area contributed by atoms with Crippen LogP contribution in [-0.4, -0.2) is 6.61 Å². The van der Waals surface area contributed by atoms with Crippen molar-refractivity contribution in [3.05, 3.63) is 41.2 Å². The van der Waals surface area contributed by atoms with Crippen LogP contribution in [-0.2, 0) is 6.42 Å². The number of allylic oxidation sites excluding steroid dienone is 1. The fraction of sp³-hybridized carbons (Fsp3) is 0.692. The van der Waals surface area contributed by atoms with Gasteiger partial charge in [0.2, 0.25) is 0 Å². The SMILES string of the molecule is C=CCCC1CCC(C2CCC(CCc3ccc(OCC)c(Cl)c3F)CC2)CC1. The molecule has 0 amide bonds. The van der Waals surface area contributed by atoms with Crippen LogP contribution in [0.5, 0.6) is 5.75 Å². The summed E-state index contributed by atoms with van der Waals surface area (Å²) in [5.41, 5.74) is 0.735. The third-order valence-electron chi connectivity index (χ3n) is 7.48. The van der Waals surface area contributed by atoms with Crippen LogP contribution in [0.2, 0.25) is 5.02 Å². The molecule has 29 heavy (non-hydrogen) atoms. The van der Waals surface area contributed by atoms with E-state index in [-0.39, 0.29) is 10.8 Å². The van der Waals surface area contributed by atoms with E-state index in [1.165, 1.54) is 64.2 Å². The predicted molar refractivity (Wildman–Crippen MR) is 121 cm³/mol. The summed E-state index contributed by atoms with van der Waals surface area (Å²) in [4.78, 5) is 0. The van der Waals surface area contributed by atoms with Crippen molar-refractivity contribution in [3.63, 3.8) is 0 Å². The van der Waals surface area contributed by atoms with Crippen LogP contribution in [0.15, 0.2) is 24.8 Å². The molecule has 1 nitrogen and oxygen atoms in total. The molecule has 0 N–H and O–H groups in total. The topological polar surface area (TPSA) is 9.23 Å². The Kier molecular flexibility index (Phi) is 8.90. The van der Waals surface area contributed by atoms with Crippen LogP contribution in [0.25, 0.3) is 0 Å². The molecule has 0 aromatic heterocycles. The van der Waals surface area contributed by atoms with E-state index in [0.29, 0.717) is 12.4 Å². The first-order chi connectivity index (χ1) is 14.1. The number of rotatable bonds is 9. The summed E-state index contributed by atoms with van der Waals surface area (Å²) in [6, 6.07) is 3.66. The summed E-state index contributed by atoms with van der Waals surface area (Å²) in [5, 5.41) is 0.136. The molecule has 3 rings (SSSR count). The van der Waals surface area contributed by atoms with Gasteiger partial charge in [-0.25, -0.2) is 4.39 Å². The lowest BCUT2D eigenvalue weighted by Crippen LogP contribution is -2.26. The van der Waals surface area contributed by atoms with Gasteiger partial charge in [0.15, 0.2) is 0 Å². The second-order valence-electron chi connectivity index (χ2n) is 9.25. The Hall–Kier alpha value is -1.02. The third-order valence-corrected chi connectivity index (χ3v) is 7.83. The second kappa shape index (κ2) is 11.4. The summed E-state index contributed by atoms with van der Waals surface area (Å²) >= 11 is 6.14. The van der Waals surface area contributed by atoms with E-state index < -0.39 is 0 Å². The monoisotopic (exact) mass is 420 g/mol. The molecule has 1 aromatic carbocycles. The minimum atomic E-state index is -0.292. The lowest BCUT2D eigenvalue weighted by atomic mass is 9.68. The molecule has 3 heteroatoms. The van der Waals surface area contributed by atoms with E-state index in [1.54, 1.807) is 0 Å². The third kappa shape index (κ3) is 6.23. The first kappa shape index (κ1) is 22.7. The molecular weight excluding hydrogens is 383 g/mol. The van der Waals surface area contributed by atoms with E-state index >= 15 is 0 Å². The van der Waals surface area contributed by atoms with E-state index in [1.807, 2.05) is 19.1 Å². The van der Waals surface area contributed by atoms with Gasteiger partial charge in [-0.05, 0) is 93.6 Å². The van der Waals surface area contributed by atoms with Gasteiger partial charge in [0.1, 0.15) is 16.6 Å². The van der Waals surface area contributed by atoms with Gasteiger partial charge in [-0.15, -0.1) is 6.58 Å². The zero-order valence-electron chi connectivity index (χ0n) is 18.1. The molecule has 2 aliphatic rings. The summed E-state index contributed by atoms with van der Waals surface area (Å²) in [7, 11) is 0. The standard InChI is InChI=1S/C26H38ClFO/c1-3-5-6-19-7-12-21(13-8-19)22-14-9-20(10-15-22)11-16-23-17-18-24(29-4-2)25(27)26(23)28/h3,17-22H,1,4-16H2,2H3. The Morgan fingerprint density at radius 1 is 1.00 bits per heavy atom. The summed E-state index contributed by atoms with van der Waals surface area (Å²) in [5.74, 6) is 3.73. The lowest BCUT2D eigenvalue weighted by molar-refractivity contribution is 0.141. The molecular formula is C26H38ClFO.